The summed E-state index contributed by atoms with van der Waals surface area (Å²) in [6.45, 7) is 4.58. The van der Waals surface area contributed by atoms with Crippen LogP contribution in [0.1, 0.15) is 0 Å². The van der Waals surface area contributed by atoms with Crippen molar-refractivity contribution in [2.24, 2.45) is 0 Å². The number of halogens is 10. The number of hydrogen-bond acceptors (Lipinski definition) is 1. The summed E-state index contributed by atoms with van der Waals surface area (Å²) in [5.41, 5.74) is 0. The van der Waals surface area contributed by atoms with Crippen LogP contribution < -0.4 is 0 Å². The van der Waals surface area contributed by atoms with E-state index in [4.69, 9.17) is 0 Å². The van der Waals surface area contributed by atoms with E-state index in [0.29, 0.717) is 0 Å². The van der Waals surface area contributed by atoms with Gasteiger partial charge in [0, 0.05) is 0 Å². The van der Waals surface area contributed by atoms with Crippen molar-refractivity contribution in [3.63, 3.8) is 0 Å². The van der Waals surface area contributed by atoms with Crippen LogP contribution in [0.2, 0.25) is 0 Å². The van der Waals surface area contributed by atoms with Crippen molar-refractivity contribution in [2.45, 2.75) is 21.5 Å². The Balaban J connectivity index is 5.11. The molecule has 0 aliphatic heterocycles. The molecule has 0 saturated heterocycles. The number of hydrogen-bond donors (Lipinski definition) is 0. The fraction of sp³-hybridized carbons (Fsp3) is 0.500. The van der Waals surface area contributed by atoms with E-state index in [0.717, 1.165) is 0 Å². The van der Waals surface area contributed by atoms with Gasteiger partial charge in [-0.25, -0.2) is 0 Å². The summed E-state index contributed by atoms with van der Waals surface area (Å²) in [6.07, 6.45) is 0. The zero-order valence-corrected chi connectivity index (χ0v) is 11.8. The molecule has 0 fully saturated rings. The van der Waals surface area contributed by atoms with Gasteiger partial charge in [-0.1, -0.05) is 13.2 Å². The van der Waals surface area contributed by atoms with Gasteiger partial charge in [0.2, 0.25) is 0 Å². The molecule has 0 bridgehead atoms. The summed E-state index contributed by atoms with van der Waals surface area (Å²) in [6, 6.07) is 0. The Morgan fingerprint density at radius 1 is 0.684 bits per heavy atom. The van der Waals surface area contributed by atoms with Gasteiger partial charge >= 0.3 is 21.5 Å². The standard InChI is InChI=1S/C8H4Br2F8O/c1-3(5(11,12)7(9,15)16)19-4(2)6(13,14)8(10,17)18/h1-2H2. The molecule has 0 radical (unpaired) electrons. The van der Waals surface area contributed by atoms with E-state index in [1.165, 1.54) is 31.9 Å². The molecule has 0 aromatic rings. The molecular formula is C8H4Br2F8O. The van der Waals surface area contributed by atoms with Gasteiger partial charge in [-0.2, -0.15) is 35.1 Å². The first kappa shape index (κ1) is 18.7. The molecule has 0 heterocycles. The molecule has 19 heavy (non-hydrogen) atoms. The largest absolute Gasteiger partial charge is 0.454 e. The highest BCUT2D eigenvalue weighted by atomic mass is 79.9. The van der Waals surface area contributed by atoms with Gasteiger partial charge in [0.1, 0.15) is 0 Å². The first-order valence-electron chi connectivity index (χ1n) is 4.01. The average molecular weight is 428 g/mol. The maximum atomic E-state index is 12.9. The number of alkyl halides is 10. The molecule has 0 spiro atoms. The molecular weight excluding hydrogens is 424 g/mol. The highest BCUT2D eigenvalue weighted by molar-refractivity contribution is 9.10. The molecule has 0 unspecified atom stereocenters. The van der Waals surface area contributed by atoms with Crippen LogP contribution in [0.15, 0.2) is 24.7 Å². The number of ether oxygens (including phenoxy) is 1. The highest BCUT2D eigenvalue weighted by Gasteiger charge is 2.62. The lowest BCUT2D eigenvalue weighted by Gasteiger charge is -2.27. The molecule has 0 N–H and O–H groups in total. The minimum absolute atomic E-state index is 1.28. The second-order valence-electron chi connectivity index (χ2n) is 3.09. The monoisotopic (exact) mass is 426 g/mol. The van der Waals surface area contributed by atoms with E-state index in [2.05, 4.69) is 17.9 Å². The average Bonchev–Trinajstić information content (AvgIpc) is 2.13. The third-order valence-electron chi connectivity index (χ3n) is 1.66. The van der Waals surface area contributed by atoms with Crippen molar-refractivity contribution >= 4 is 31.9 Å². The maximum absolute atomic E-state index is 12.9. The second kappa shape index (κ2) is 5.23. The quantitative estimate of drug-likeness (QED) is 0.318. The molecule has 0 amide bonds. The zero-order chi connectivity index (χ0) is 15.9. The first-order valence-corrected chi connectivity index (χ1v) is 5.59. The van der Waals surface area contributed by atoms with E-state index in [1.807, 2.05) is 0 Å². The predicted molar refractivity (Wildman–Crippen MR) is 57.0 cm³/mol. The third kappa shape index (κ3) is 3.83. The Hall–Kier alpha value is -0.320. The summed E-state index contributed by atoms with van der Waals surface area (Å²) in [5.74, 6) is -14.6. The molecule has 0 aliphatic carbocycles. The van der Waals surface area contributed by atoms with Crippen LogP contribution >= 0.6 is 31.9 Å². The van der Waals surface area contributed by atoms with Gasteiger partial charge in [-0.15, -0.1) is 0 Å². The van der Waals surface area contributed by atoms with E-state index < -0.39 is 33.0 Å². The van der Waals surface area contributed by atoms with E-state index >= 15 is 0 Å². The Morgan fingerprint density at radius 2 is 0.895 bits per heavy atom. The van der Waals surface area contributed by atoms with Crippen LogP contribution in [-0.4, -0.2) is 21.5 Å². The minimum atomic E-state index is -5.12. The molecule has 0 aromatic carbocycles. The summed E-state index contributed by atoms with van der Waals surface area (Å²) < 4.78 is 105. The van der Waals surface area contributed by atoms with E-state index in [-0.39, 0.29) is 0 Å². The SMILES string of the molecule is C=C(OC(=C)C(F)(F)C(F)(F)Br)C(F)(F)C(F)(F)Br. The van der Waals surface area contributed by atoms with Crippen molar-refractivity contribution < 1.29 is 39.9 Å². The fourth-order valence-corrected chi connectivity index (χ4v) is 1.04. The van der Waals surface area contributed by atoms with Crippen molar-refractivity contribution in [2.75, 3.05) is 0 Å². The molecule has 112 valence electrons. The van der Waals surface area contributed by atoms with Gasteiger partial charge in [-0.3, -0.25) is 0 Å². The van der Waals surface area contributed by atoms with Crippen LogP contribution in [0.25, 0.3) is 0 Å². The lowest BCUT2D eigenvalue weighted by Crippen LogP contribution is -2.41. The third-order valence-corrected chi connectivity index (χ3v) is 2.65. The second-order valence-corrected chi connectivity index (χ2v) is 5.08. The maximum Gasteiger partial charge on any atom is 0.376 e. The molecule has 0 atom stereocenters. The van der Waals surface area contributed by atoms with E-state index in [9.17, 15) is 35.1 Å². The van der Waals surface area contributed by atoms with Gasteiger partial charge in [0.15, 0.2) is 11.5 Å². The number of allylic oxidation sites excluding steroid dienone is 2. The molecule has 0 rings (SSSR count). The number of rotatable bonds is 6. The molecule has 1 nitrogen and oxygen atoms in total. The molecule has 0 aliphatic rings. The Morgan fingerprint density at radius 3 is 1.05 bits per heavy atom. The highest BCUT2D eigenvalue weighted by Crippen LogP contribution is 2.48. The van der Waals surface area contributed by atoms with Gasteiger partial charge in [0.05, 0.1) is 0 Å². The van der Waals surface area contributed by atoms with Gasteiger partial charge in [0.25, 0.3) is 0 Å². The normalized spacial score (nSPS) is 14.2. The smallest absolute Gasteiger partial charge is 0.376 e. The van der Waals surface area contributed by atoms with Crippen molar-refractivity contribution in [1.29, 1.82) is 0 Å². The van der Waals surface area contributed by atoms with Gasteiger partial charge < -0.3 is 4.74 Å². The lowest BCUT2D eigenvalue weighted by atomic mass is 10.2. The summed E-state index contributed by atoms with van der Waals surface area (Å²) >= 11 is 2.56. The predicted octanol–water partition coefficient (Wildman–Crippen LogP) is 5.28. The Bertz CT molecular complexity index is 345. The Labute approximate surface area is 118 Å². The van der Waals surface area contributed by atoms with Crippen LogP contribution in [0.3, 0.4) is 0 Å². The van der Waals surface area contributed by atoms with Crippen LogP contribution in [0.4, 0.5) is 35.1 Å². The molecule has 0 saturated carbocycles. The molecule has 0 aromatic heterocycles. The van der Waals surface area contributed by atoms with Crippen LogP contribution in [0.5, 0.6) is 0 Å². The van der Waals surface area contributed by atoms with Crippen LogP contribution in [-0.2, 0) is 4.74 Å². The lowest BCUT2D eigenvalue weighted by molar-refractivity contribution is -0.167. The van der Waals surface area contributed by atoms with Crippen molar-refractivity contribution in [3.8, 4) is 0 Å². The molecule has 11 heteroatoms. The van der Waals surface area contributed by atoms with E-state index in [1.54, 1.807) is 0 Å². The minimum Gasteiger partial charge on any atom is -0.454 e. The zero-order valence-electron chi connectivity index (χ0n) is 8.60. The Kier molecular flexibility index (Phi) is 5.14. The topological polar surface area (TPSA) is 9.23 Å². The fourth-order valence-electron chi connectivity index (χ4n) is 0.593. The summed E-state index contributed by atoms with van der Waals surface area (Å²) in [7, 11) is 0. The summed E-state index contributed by atoms with van der Waals surface area (Å²) in [5, 5.41) is 0. The first-order chi connectivity index (χ1) is 8.05. The summed E-state index contributed by atoms with van der Waals surface area (Å²) in [4.78, 5) is -9.74. The van der Waals surface area contributed by atoms with Crippen molar-refractivity contribution in [3.05, 3.63) is 24.7 Å². The van der Waals surface area contributed by atoms with Gasteiger partial charge in [-0.05, 0) is 31.9 Å². The van der Waals surface area contributed by atoms with Crippen molar-refractivity contribution in [1.82, 2.24) is 0 Å². The van der Waals surface area contributed by atoms with Crippen LogP contribution in [0, 0.1) is 0 Å².